The van der Waals surface area contributed by atoms with Crippen LogP contribution in [-0.2, 0) is 11.0 Å². The highest BCUT2D eigenvalue weighted by Gasteiger charge is 2.30. The predicted molar refractivity (Wildman–Crippen MR) is 73.0 cm³/mol. The van der Waals surface area contributed by atoms with Crippen LogP contribution in [-0.4, -0.2) is 21.6 Å². The van der Waals surface area contributed by atoms with Gasteiger partial charge in [0.05, 0.1) is 22.8 Å². The Balaban J connectivity index is 1.84. The third-order valence-electron chi connectivity index (χ3n) is 3.10. The molecule has 0 aromatic carbocycles. The maximum Gasteiger partial charge on any atom is 0.417 e. The standard InChI is InChI=1S/C14H14F3NO2S/c15-14(16,17)10-1-2-13(18-8-10)21-4-3-9-5-11(19)7-12(20)6-9/h1-2,5,8-9,19H,3-4,6-7H2. The van der Waals surface area contributed by atoms with E-state index in [0.29, 0.717) is 23.6 Å². The Morgan fingerprint density at radius 3 is 2.71 bits per heavy atom. The number of hydrogen-bond donors (Lipinski definition) is 1. The second-order valence-corrected chi connectivity index (χ2v) is 5.97. The largest absolute Gasteiger partial charge is 0.512 e. The Kier molecular flexibility index (Phi) is 4.92. The molecule has 2 rings (SSSR count). The van der Waals surface area contributed by atoms with Crippen molar-refractivity contribution in [2.24, 2.45) is 5.92 Å². The average molecular weight is 317 g/mol. The van der Waals surface area contributed by atoms with Crippen molar-refractivity contribution in [1.82, 2.24) is 4.98 Å². The zero-order chi connectivity index (χ0) is 15.5. The minimum absolute atomic E-state index is 0.00630. The fourth-order valence-electron chi connectivity index (χ4n) is 2.09. The van der Waals surface area contributed by atoms with E-state index in [0.717, 1.165) is 12.3 Å². The van der Waals surface area contributed by atoms with Crippen LogP contribution in [0.2, 0.25) is 0 Å². The molecule has 3 nitrogen and oxygen atoms in total. The second-order valence-electron chi connectivity index (χ2n) is 4.86. The van der Waals surface area contributed by atoms with Crippen LogP contribution < -0.4 is 0 Å². The lowest BCUT2D eigenvalue weighted by Gasteiger charge is -2.16. The second kappa shape index (κ2) is 6.51. The first-order valence-electron chi connectivity index (χ1n) is 6.42. The number of thioether (sulfide) groups is 1. The van der Waals surface area contributed by atoms with Crippen molar-refractivity contribution >= 4 is 17.5 Å². The van der Waals surface area contributed by atoms with E-state index >= 15 is 0 Å². The van der Waals surface area contributed by atoms with E-state index in [1.807, 2.05) is 0 Å². The fourth-order valence-corrected chi connectivity index (χ4v) is 3.01. The van der Waals surface area contributed by atoms with E-state index in [1.54, 1.807) is 6.08 Å². The molecular formula is C14H14F3NO2S. The molecule has 0 spiro atoms. The number of carbonyl (C=O) groups is 1. The third kappa shape index (κ3) is 4.77. The number of allylic oxidation sites excluding steroid dienone is 2. The summed E-state index contributed by atoms with van der Waals surface area (Å²) in [5.41, 5.74) is -0.766. The molecule has 7 heteroatoms. The SMILES string of the molecule is O=C1CC(O)=CC(CCSc2ccc(C(F)(F)F)cn2)C1. The van der Waals surface area contributed by atoms with Gasteiger partial charge >= 0.3 is 6.18 Å². The molecule has 0 amide bonds. The van der Waals surface area contributed by atoms with E-state index in [2.05, 4.69) is 4.98 Å². The minimum atomic E-state index is -4.37. The van der Waals surface area contributed by atoms with Gasteiger partial charge in [-0.05, 0) is 30.5 Å². The number of aliphatic hydroxyl groups is 1. The van der Waals surface area contributed by atoms with Crippen LogP contribution in [0.3, 0.4) is 0 Å². The van der Waals surface area contributed by atoms with E-state index in [9.17, 15) is 23.1 Å². The summed E-state index contributed by atoms with van der Waals surface area (Å²) in [5, 5.41) is 9.90. The molecule has 1 heterocycles. The van der Waals surface area contributed by atoms with Gasteiger partial charge in [0.15, 0.2) is 0 Å². The highest BCUT2D eigenvalue weighted by molar-refractivity contribution is 7.99. The lowest BCUT2D eigenvalue weighted by atomic mass is 9.92. The maximum atomic E-state index is 12.4. The fraction of sp³-hybridized carbons (Fsp3) is 0.429. The summed E-state index contributed by atoms with van der Waals surface area (Å²) >= 11 is 1.34. The number of alkyl halides is 3. The zero-order valence-corrected chi connectivity index (χ0v) is 11.9. The predicted octanol–water partition coefficient (Wildman–Crippen LogP) is 4.00. The highest BCUT2D eigenvalue weighted by Crippen LogP contribution is 2.30. The molecule has 1 unspecified atom stereocenters. The van der Waals surface area contributed by atoms with E-state index in [-0.39, 0.29) is 23.9 Å². The molecule has 0 radical (unpaired) electrons. The number of aliphatic hydroxyl groups excluding tert-OH is 1. The van der Waals surface area contributed by atoms with Crippen molar-refractivity contribution in [2.45, 2.75) is 30.5 Å². The van der Waals surface area contributed by atoms with Gasteiger partial charge in [0.2, 0.25) is 0 Å². The van der Waals surface area contributed by atoms with Crippen LogP contribution in [0, 0.1) is 5.92 Å². The third-order valence-corrected chi connectivity index (χ3v) is 4.08. The molecule has 1 aliphatic carbocycles. The van der Waals surface area contributed by atoms with Crippen molar-refractivity contribution < 1.29 is 23.1 Å². The van der Waals surface area contributed by atoms with Gasteiger partial charge in [0, 0.05) is 18.4 Å². The van der Waals surface area contributed by atoms with Gasteiger partial charge in [0.25, 0.3) is 0 Å². The van der Waals surface area contributed by atoms with Gasteiger partial charge < -0.3 is 5.11 Å². The van der Waals surface area contributed by atoms with Gasteiger partial charge in [-0.2, -0.15) is 13.2 Å². The summed E-state index contributed by atoms with van der Waals surface area (Å²) in [7, 11) is 0. The van der Waals surface area contributed by atoms with Crippen LogP contribution in [0.5, 0.6) is 0 Å². The van der Waals surface area contributed by atoms with Crippen molar-refractivity contribution in [2.75, 3.05) is 5.75 Å². The summed E-state index contributed by atoms with van der Waals surface area (Å²) in [6.07, 6.45) is -0.695. The number of Topliss-reactive ketones (excluding diaryl/α,β-unsaturated/α-hetero) is 1. The van der Waals surface area contributed by atoms with E-state index in [4.69, 9.17) is 0 Å². The molecule has 0 fully saturated rings. The Morgan fingerprint density at radius 2 is 2.14 bits per heavy atom. The number of hydrogen-bond acceptors (Lipinski definition) is 4. The summed E-state index contributed by atoms with van der Waals surface area (Å²) in [5.74, 6) is 0.736. The Bertz CT molecular complexity index is 540. The number of carbonyl (C=O) groups excluding carboxylic acids is 1. The first-order chi connectivity index (χ1) is 9.84. The molecule has 114 valence electrons. The van der Waals surface area contributed by atoms with Crippen LogP contribution >= 0.6 is 11.8 Å². The lowest BCUT2D eigenvalue weighted by Crippen LogP contribution is -2.14. The van der Waals surface area contributed by atoms with E-state index in [1.165, 1.54) is 17.8 Å². The summed E-state index contributed by atoms with van der Waals surface area (Å²) < 4.78 is 37.1. The van der Waals surface area contributed by atoms with Crippen molar-refractivity contribution in [3.05, 3.63) is 35.7 Å². The molecule has 1 aromatic heterocycles. The Hall–Kier alpha value is -1.50. The first-order valence-corrected chi connectivity index (χ1v) is 7.40. The van der Waals surface area contributed by atoms with E-state index < -0.39 is 11.7 Å². The van der Waals surface area contributed by atoms with Crippen LogP contribution in [0.15, 0.2) is 35.2 Å². The van der Waals surface area contributed by atoms with Gasteiger partial charge in [-0.1, -0.05) is 0 Å². The van der Waals surface area contributed by atoms with Crippen molar-refractivity contribution in [3.63, 3.8) is 0 Å². The molecule has 0 bridgehead atoms. The molecule has 1 N–H and O–H groups in total. The zero-order valence-electron chi connectivity index (χ0n) is 11.1. The average Bonchev–Trinajstić information content (AvgIpc) is 2.37. The molecule has 1 aliphatic rings. The van der Waals surface area contributed by atoms with Crippen LogP contribution in [0.4, 0.5) is 13.2 Å². The molecular weight excluding hydrogens is 303 g/mol. The smallest absolute Gasteiger partial charge is 0.417 e. The number of aromatic nitrogens is 1. The van der Waals surface area contributed by atoms with Crippen molar-refractivity contribution in [3.8, 4) is 0 Å². The van der Waals surface area contributed by atoms with Gasteiger partial charge in [-0.25, -0.2) is 4.98 Å². The Morgan fingerprint density at radius 1 is 1.38 bits per heavy atom. The topological polar surface area (TPSA) is 50.2 Å². The molecule has 0 saturated heterocycles. The number of pyridine rings is 1. The number of halogens is 3. The molecule has 1 aromatic rings. The minimum Gasteiger partial charge on any atom is -0.512 e. The molecule has 0 aliphatic heterocycles. The first kappa shape index (κ1) is 15.9. The van der Waals surface area contributed by atoms with Crippen LogP contribution in [0.1, 0.15) is 24.8 Å². The molecule has 21 heavy (non-hydrogen) atoms. The van der Waals surface area contributed by atoms with Gasteiger partial charge in [-0.15, -0.1) is 11.8 Å². The van der Waals surface area contributed by atoms with Crippen molar-refractivity contribution in [1.29, 1.82) is 0 Å². The van der Waals surface area contributed by atoms with Gasteiger partial charge in [0.1, 0.15) is 5.78 Å². The molecule has 0 saturated carbocycles. The number of rotatable bonds is 4. The summed E-state index contributed by atoms with van der Waals surface area (Å²) in [6, 6.07) is 2.35. The Labute approximate surface area is 124 Å². The maximum absolute atomic E-state index is 12.4. The summed E-state index contributed by atoms with van der Waals surface area (Å²) in [6.45, 7) is 0. The summed E-state index contributed by atoms with van der Waals surface area (Å²) in [4.78, 5) is 15.1. The van der Waals surface area contributed by atoms with Crippen LogP contribution in [0.25, 0.3) is 0 Å². The highest BCUT2D eigenvalue weighted by atomic mass is 32.2. The quantitative estimate of drug-likeness (QED) is 0.853. The monoisotopic (exact) mass is 317 g/mol. The number of nitrogens with zero attached hydrogens (tertiary/aromatic N) is 1. The molecule has 1 atom stereocenters. The normalized spacial score (nSPS) is 19.5. The lowest BCUT2D eigenvalue weighted by molar-refractivity contribution is -0.137. The number of ketones is 1. The van der Waals surface area contributed by atoms with Gasteiger partial charge in [-0.3, -0.25) is 4.79 Å².